The Kier molecular flexibility index (Phi) is 14.5. The molecule has 2 saturated heterocycles. The molecule has 0 bridgehead atoms. The van der Waals surface area contributed by atoms with Gasteiger partial charge in [-0.25, -0.2) is 0 Å². The van der Waals surface area contributed by atoms with Crippen molar-refractivity contribution in [3.8, 4) is 11.5 Å². The lowest BCUT2D eigenvalue weighted by molar-refractivity contribution is -0.133. The molecule has 14 nitrogen and oxygen atoms in total. The second-order valence-electron chi connectivity index (χ2n) is 15.3. The molecule has 2 aromatic carbocycles. The summed E-state index contributed by atoms with van der Waals surface area (Å²) in [5.41, 5.74) is 1.77. The number of methoxy groups -OCH3 is 2. The molecule has 0 radical (unpaired) electrons. The van der Waals surface area contributed by atoms with Crippen LogP contribution in [0.2, 0.25) is 20.1 Å². The molecule has 2 N–H and O–H groups in total. The average molecular weight is 883 g/mol. The van der Waals surface area contributed by atoms with Crippen LogP contribution in [-0.4, -0.2) is 118 Å². The van der Waals surface area contributed by atoms with Gasteiger partial charge in [0, 0.05) is 75.9 Å². The third-order valence-electron chi connectivity index (χ3n) is 10.2. The largest absolute Gasteiger partial charge is 0.495 e. The van der Waals surface area contributed by atoms with E-state index in [0.717, 1.165) is 11.4 Å². The van der Waals surface area contributed by atoms with Crippen molar-refractivity contribution in [3.05, 3.63) is 79.3 Å². The van der Waals surface area contributed by atoms with Crippen LogP contribution in [0.1, 0.15) is 50.5 Å². The predicted molar refractivity (Wildman–Crippen MR) is 228 cm³/mol. The Morgan fingerprint density at radius 1 is 0.655 bits per heavy atom. The number of ether oxygens (including phenoxy) is 2. The lowest BCUT2D eigenvalue weighted by Gasteiger charge is -2.36. The fourth-order valence-corrected chi connectivity index (χ4v) is 8.02. The second kappa shape index (κ2) is 18.6. The third kappa shape index (κ3) is 10.4. The van der Waals surface area contributed by atoms with Gasteiger partial charge in [-0.2, -0.15) is 10.2 Å². The van der Waals surface area contributed by atoms with Crippen molar-refractivity contribution in [3.63, 3.8) is 0 Å². The van der Waals surface area contributed by atoms with E-state index in [-0.39, 0.29) is 24.9 Å². The third-order valence-corrected chi connectivity index (χ3v) is 11.7. The maximum absolute atomic E-state index is 12.8. The van der Waals surface area contributed by atoms with Gasteiger partial charge in [0.2, 0.25) is 11.8 Å². The number of aromatic nitrogens is 4. The molecule has 2 amide bonds. The monoisotopic (exact) mass is 880 g/mol. The molecule has 18 heteroatoms. The maximum Gasteiger partial charge on any atom is 0.244 e. The molecule has 0 spiro atoms. The van der Waals surface area contributed by atoms with Crippen LogP contribution >= 0.6 is 46.4 Å². The first-order valence-corrected chi connectivity index (χ1v) is 20.4. The lowest BCUT2D eigenvalue weighted by Crippen LogP contribution is -2.49. The van der Waals surface area contributed by atoms with Crippen LogP contribution in [0.15, 0.2) is 36.4 Å². The number of anilines is 2. The Bertz CT molecular complexity index is 2100. The highest BCUT2D eigenvalue weighted by Gasteiger charge is 2.31. The molecule has 4 heterocycles. The smallest absolute Gasteiger partial charge is 0.244 e. The summed E-state index contributed by atoms with van der Waals surface area (Å²) in [6.45, 7) is 15.4. The zero-order valence-corrected chi connectivity index (χ0v) is 37.2. The molecule has 0 atom stereocenters. The molecule has 0 saturated carbocycles. The van der Waals surface area contributed by atoms with E-state index in [4.69, 9.17) is 55.9 Å². The maximum atomic E-state index is 12.8. The number of amides is 2. The first-order chi connectivity index (χ1) is 27.2. The zero-order valence-electron chi connectivity index (χ0n) is 34.2. The number of carbonyl (C=O) groups excluding carboxylic acids is 2. The summed E-state index contributed by atoms with van der Waals surface area (Å²) in [7, 11) is 3.18. The first kappa shape index (κ1) is 45.2. The van der Waals surface area contributed by atoms with Crippen LogP contribution in [0.3, 0.4) is 0 Å². The van der Waals surface area contributed by atoms with Gasteiger partial charge in [0.05, 0.1) is 51.4 Å². The van der Waals surface area contributed by atoms with E-state index < -0.39 is 11.2 Å². The number of piperazine rings is 2. The molecule has 2 aromatic heterocycles. The Morgan fingerprint density at radius 3 is 1.47 bits per heavy atom. The number of hydrogen-bond acceptors (Lipinski definition) is 10. The molecule has 0 aliphatic carbocycles. The summed E-state index contributed by atoms with van der Waals surface area (Å²) in [5.74, 6) is 1.19. The second-order valence-corrected chi connectivity index (χ2v) is 16.9. The minimum atomic E-state index is -1.19. The number of rotatable bonds is 10. The molecule has 4 aromatic rings. The van der Waals surface area contributed by atoms with Crippen molar-refractivity contribution >= 4 is 69.6 Å². The van der Waals surface area contributed by atoms with E-state index in [1.165, 1.54) is 4.68 Å². The van der Waals surface area contributed by atoms with Crippen molar-refractivity contribution in [1.29, 1.82) is 0 Å². The van der Waals surface area contributed by atoms with Crippen LogP contribution in [0.5, 0.6) is 11.5 Å². The number of aliphatic hydroxyl groups is 2. The predicted octanol–water partition coefficient (Wildman–Crippen LogP) is 6.17. The first-order valence-electron chi connectivity index (χ1n) is 18.9. The SMILES string of the molecule is COc1cc(N2CCN(C(=O)Cn3nc(C(C)(C)O)c(Cl)c3C)CC2)ccc1Cl.COc1cc(N2CCN(C(=O)Cn3nc(C)c(Cl)c3C(C)(C)O)CC2)ccc1Cl. The van der Waals surface area contributed by atoms with E-state index in [9.17, 15) is 19.8 Å². The molecule has 6 rings (SSSR count). The molecule has 2 aliphatic heterocycles. The molecular weight excluding hydrogens is 830 g/mol. The van der Waals surface area contributed by atoms with Gasteiger partial charge < -0.3 is 39.3 Å². The van der Waals surface area contributed by atoms with E-state index in [0.29, 0.717) is 107 Å². The average Bonchev–Trinajstić information content (AvgIpc) is 3.64. The van der Waals surface area contributed by atoms with Gasteiger partial charge in [0.25, 0.3) is 0 Å². The van der Waals surface area contributed by atoms with E-state index in [2.05, 4.69) is 20.0 Å². The topological polar surface area (TPSA) is 142 Å². The van der Waals surface area contributed by atoms with E-state index in [1.807, 2.05) is 46.2 Å². The standard InChI is InChI=1S/2C20H26Cl2N4O3/c1-13-18(22)19(20(2,3)28)23-26(13)12-17(27)25-9-7-24(8-10-25)14-5-6-15(21)16(11-14)29-4;1-13-18(22)19(20(2,3)28)26(23-13)12-17(27)25-9-7-24(8-10-25)14-5-6-15(21)16(11-14)29-4/h2*5-6,11,28H,7-10,12H2,1-4H3. The highest BCUT2D eigenvalue weighted by molar-refractivity contribution is 6.33. The Labute approximate surface area is 359 Å². The van der Waals surface area contributed by atoms with Gasteiger partial charge in [-0.3, -0.25) is 19.0 Å². The minimum absolute atomic E-state index is 0.0251. The lowest BCUT2D eigenvalue weighted by atomic mass is 10.1. The quantitative estimate of drug-likeness (QED) is 0.190. The van der Waals surface area contributed by atoms with Gasteiger partial charge in [-0.1, -0.05) is 46.4 Å². The normalized spacial score (nSPS) is 15.0. The van der Waals surface area contributed by atoms with Crippen LogP contribution in [0.25, 0.3) is 0 Å². The number of benzene rings is 2. The molecule has 2 fully saturated rings. The number of halogens is 4. The fraction of sp³-hybridized carbons (Fsp3) is 0.500. The number of nitrogens with zero attached hydrogens (tertiary/aromatic N) is 8. The minimum Gasteiger partial charge on any atom is -0.495 e. The highest BCUT2D eigenvalue weighted by atomic mass is 35.5. The number of aryl methyl sites for hydroxylation is 1. The Morgan fingerprint density at radius 2 is 1.09 bits per heavy atom. The van der Waals surface area contributed by atoms with Gasteiger partial charge in [-0.15, -0.1) is 0 Å². The van der Waals surface area contributed by atoms with Crippen LogP contribution in [-0.2, 0) is 33.9 Å². The molecule has 2 aliphatic rings. The zero-order chi connectivity index (χ0) is 42.7. The van der Waals surface area contributed by atoms with E-state index in [1.54, 1.807) is 60.4 Å². The highest BCUT2D eigenvalue weighted by Crippen LogP contribution is 2.33. The van der Waals surface area contributed by atoms with Gasteiger partial charge in [0.15, 0.2) is 0 Å². The van der Waals surface area contributed by atoms with Gasteiger partial charge in [-0.05, 0) is 65.8 Å². The van der Waals surface area contributed by atoms with Crippen LogP contribution in [0.4, 0.5) is 11.4 Å². The van der Waals surface area contributed by atoms with Crippen molar-refractivity contribution in [2.24, 2.45) is 0 Å². The summed E-state index contributed by atoms with van der Waals surface area (Å²) < 4.78 is 13.7. The Balaban J connectivity index is 0.000000221. The van der Waals surface area contributed by atoms with Crippen molar-refractivity contribution < 1.29 is 29.3 Å². The Hall–Kier alpha value is -3.92. The molecule has 0 unspecified atom stereocenters. The molecule has 316 valence electrons. The fourth-order valence-electron chi connectivity index (χ4n) is 6.90. The van der Waals surface area contributed by atoms with Crippen molar-refractivity contribution in [2.45, 2.75) is 65.8 Å². The van der Waals surface area contributed by atoms with Crippen molar-refractivity contribution in [2.75, 3.05) is 76.4 Å². The number of carbonyl (C=O) groups is 2. The summed E-state index contributed by atoms with van der Waals surface area (Å²) in [6, 6.07) is 11.4. The molecule has 58 heavy (non-hydrogen) atoms. The van der Waals surface area contributed by atoms with Crippen molar-refractivity contribution in [1.82, 2.24) is 29.4 Å². The summed E-state index contributed by atoms with van der Waals surface area (Å²) in [6.07, 6.45) is 0. The van der Waals surface area contributed by atoms with Crippen LogP contribution < -0.4 is 19.3 Å². The van der Waals surface area contributed by atoms with Crippen LogP contribution in [0, 0.1) is 13.8 Å². The van der Waals surface area contributed by atoms with E-state index >= 15 is 0 Å². The summed E-state index contributed by atoms with van der Waals surface area (Å²) in [4.78, 5) is 33.6. The molecular formula is C40H52Cl4N8O6. The summed E-state index contributed by atoms with van der Waals surface area (Å²) in [5, 5.41) is 31.2. The number of hydrogen-bond donors (Lipinski definition) is 2. The van der Waals surface area contributed by atoms with Gasteiger partial charge in [0.1, 0.15) is 41.5 Å². The summed E-state index contributed by atoms with van der Waals surface area (Å²) >= 11 is 24.8. The van der Waals surface area contributed by atoms with Gasteiger partial charge >= 0.3 is 0 Å².